The quantitative estimate of drug-likeness (QED) is 0.588. The molecular weight excluding hydrogens is 276 g/mol. The van der Waals surface area contributed by atoms with Gasteiger partial charge in [-0.2, -0.15) is 0 Å². The fourth-order valence-corrected chi connectivity index (χ4v) is 2.34. The van der Waals surface area contributed by atoms with Gasteiger partial charge >= 0.3 is 0 Å². The molecule has 0 radical (unpaired) electrons. The minimum absolute atomic E-state index is 0.227. The van der Waals surface area contributed by atoms with Crippen LogP contribution in [0.1, 0.15) is 39.5 Å². The normalized spacial score (nSPS) is 33.3. The summed E-state index contributed by atoms with van der Waals surface area (Å²) in [6, 6.07) is 0. The molecule has 0 saturated carbocycles. The maximum absolute atomic E-state index is 10.5. The lowest BCUT2D eigenvalue weighted by Crippen LogP contribution is -2.60. The molecule has 1 saturated heterocycles. The van der Waals surface area contributed by atoms with Crippen LogP contribution in [0.3, 0.4) is 0 Å². The van der Waals surface area contributed by atoms with Gasteiger partial charge in [-0.05, 0) is 12.8 Å². The van der Waals surface area contributed by atoms with Crippen molar-refractivity contribution in [2.45, 2.75) is 70.2 Å². The lowest BCUT2D eigenvalue weighted by Gasteiger charge is -2.43. The van der Waals surface area contributed by atoms with Gasteiger partial charge in [-0.3, -0.25) is 0 Å². The Morgan fingerprint density at radius 1 is 1.00 bits per heavy atom. The maximum Gasteiger partial charge on any atom is 0.186 e. The van der Waals surface area contributed by atoms with Gasteiger partial charge in [-0.25, -0.2) is 0 Å². The summed E-state index contributed by atoms with van der Waals surface area (Å²) in [6.45, 7) is 4.97. The summed E-state index contributed by atoms with van der Waals surface area (Å²) in [4.78, 5) is 0. The van der Waals surface area contributed by atoms with Gasteiger partial charge in [0.15, 0.2) is 6.29 Å². The third-order valence-electron chi connectivity index (χ3n) is 3.65. The summed E-state index contributed by atoms with van der Waals surface area (Å²) in [5, 5.41) is 19.9. The van der Waals surface area contributed by atoms with Crippen molar-refractivity contribution in [3.05, 3.63) is 0 Å². The van der Waals surface area contributed by atoms with Gasteiger partial charge in [0.25, 0.3) is 0 Å². The molecule has 5 atom stereocenters. The van der Waals surface area contributed by atoms with Gasteiger partial charge in [0.05, 0.1) is 6.61 Å². The molecule has 0 spiro atoms. The number of hydrogen-bond donors (Lipinski definition) is 2. The second-order valence-electron chi connectivity index (χ2n) is 5.33. The number of aliphatic hydroxyl groups is 2. The topological polar surface area (TPSA) is 77.4 Å². The van der Waals surface area contributed by atoms with E-state index in [0.717, 1.165) is 25.7 Å². The Morgan fingerprint density at radius 3 is 2.05 bits per heavy atom. The van der Waals surface area contributed by atoms with Crippen LogP contribution in [0.4, 0.5) is 0 Å². The molecule has 1 heterocycles. The Balaban J connectivity index is 2.66. The van der Waals surface area contributed by atoms with Crippen LogP contribution in [0.2, 0.25) is 0 Å². The molecule has 0 unspecified atom stereocenters. The second kappa shape index (κ2) is 10.5. The van der Waals surface area contributed by atoms with E-state index < -0.39 is 30.7 Å². The van der Waals surface area contributed by atoms with Crippen molar-refractivity contribution < 1.29 is 29.2 Å². The molecule has 0 aliphatic carbocycles. The van der Waals surface area contributed by atoms with Gasteiger partial charge < -0.3 is 29.2 Å². The molecule has 1 aliphatic heterocycles. The minimum atomic E-state index is -0.880. The van der Waals surface area contributed by atoms with Crippen LogP contribution in [0.5, 0.6) is 0 Å². The molecule has 126 valence electrons. The molecule has 6 heteroatoms. The highest BCUT2D eigenvalue weighted by Crippen LogP contribution is 2.26. The number of unbranched alkanes of at least 4 members (excludes halogenated alkanes) is 2. The molecule has 0 aromatic carbocycles. The van der Waals surface area contributed by atoms with Crippen molar-refractivity contribution in [1.82, 2.24) is 0 Å². The molecular formula is C15H30O6. The summed E-state index contributed by atoms with van der Waals surface area (Å²) in [6.07, 6.45) is 0.445. The standard InChI is InChI=1S/C15H30O6/c1-4-6-8-19-13-11(10-16)21-15(18-3)14(12(13)17)20-9-7-5-2/h11-17H,4-10H2,1-3H3/t11-,12+,13-,14+,15+/m1/s1. The van der Waals surface area contributed by atoms with E-state index in [2.05, 4.69) is 13.8 Å². The highest BCUT2D eigenvalue weighted by molar-refractivity contribution is 4.91. The van der Waals surface area contributed by atoms with Crippen molar-refractivity contribution in [3.8, 4) is 0 Å². The Labute approximate surface area is 127 Å². The van der Waals surface area contributed by atoms with Crippen LogP contribution in [-0.4, -0.2) is 67.8 Å². The average Bonchev–Trinajstić information content (AvgIpc) is 2.50. The van der Waals surface area contributed by atoms with Crippen LogP contribution >= 0.6 is 0 Å². The summed E-state index contributed by atoms with van der Waals surface area (Å²) < 4.78 is 22.3. The Hall–Kier alpha value is -0.240. The van der Waals surface area contributed by atoms with E-state index in [1.165, 1.54) is 7.11 Å². The summed E-state index contributed by atoms with van der Waals surface area (Å²) in [5.41, 5.74) is 0. The Kier molecular flexibility index (Phi) is 9.39. The van der Waals surface area contributed by atoms with Gasteiger partial charge in [0.2, 0.25) is 0 Å². The molecule has 0 aromatic rings. The first-order valence-corrected chi connectivity index (χ1v) is 7.89. The molecule has 0 bridgehead atoms. The van der Waals surface area contributed by atoms with Crippen LogP contribution in [0.25, 0.3) is 0 Å². The van der Waals surface area contributed by atoms with Crippen molar-refractivity contribution in [1.29, 1.82) is 0 Å². The lowest BCUT2D eigenvalue weighted by atomic mass is 9.98. The maximum atomic E-state index is 10.5. The van der Waals surface area contributed by atoms with E-state index in [-0.39, 0.29) is 6.61 Å². The molecule has 21 heavy (non-hydrogen) atoms. The second-order valence-corrected chi connectivity index (χ2v) is 5.33. The first-order chi connectivity index (χ1) is 10.2. The fourth-order valence-electron chi connectivity index (χ4n) is 2.34. The number of ether oxygens (including phenoxy) is 4. The number of hydrogen-bond acceptors (Lipinski definition) is 6. The molecule has 0 aromatic heterocycles. The SMILES string of the molecule is CCCCO[C@@H]1[C@@H](OC)O[C@H](CO)[C@@H](OCCCC)[C@@H]1O. The van der Waals surface area contributed by atoms with Gasteiger partial charge in [0, 0.05) is 20.3 Å². The van der Waals surface area contributed by atoms with E-state index in [0.29, 0.717) is 13.2 Å². The lowest BCUT2D eigenvalue weighted by molar-refractivity contribution is -0.310. The molecule has 6 nitrogen and oxygen atoms in total. The highest BCUT2D eigenvalue weighted by Gasteiger charge is 2.46. The van der Waals surface area contributed by atoms with E-state index in [1.807, 2.05) is 0 Å². The van der Waals surface area contributed by atoms with Crippen LogP contribution in [-0.2, 0) is 18.9 Å². The van der Waals surface area contributed by atoms with Crippen LogP contribution < -0.4 is 0 Å². The van der Waals surface area contributed by atoms with Crippen molar-refractivity contribution in [3.63, 3.8) is 0 Å². The van der Waals surface area contributed by atoms with Crippen LogP contribution in [0.15, 0.2) is 0 Å². The summed E-state index contributed by atoms with van der Waals surface area (Å²) >= 11 is 0. The predicted octanol–water partition coefficient (Wildman–Crippen LogP) is 1.08. The minimum Gasteiger partial charge on any atom is -0.394 e. The first-order valence-electron chi connectivity index (χ1n) is 7.89. The fraction of sp³-hybridized carbons (Fsp3) is 1.00. The van der Waals surface area contributed by atoms with Gasteiger partial charge in [-0.15, -0.1) is 0 Å². The van der Waals surface area contributed by atoms with E-state index in [1.54, 1.807) is 0 Å². The molecule has 1 rings (SSSR count). The Bertz CT molecular complexity index is 239. The molecule has 1 aliphatic rings. The molecule has 0 amide bonds. The van der Waals surface area contributed by atoms with Gasteiger partial charge in [-0.1, -0.05) is 26.7 Å². The highest BCUT2D eigenvalue weighted by atomic mass is 16.7. The zero-order valence-corrected chi connectivity index (χ0v) is 13.4. The molecule has 1 fully saturated rings. The predicted molar refractivity (Wildman–Crippen MR) is 78.1 cm³/mol. The third kappa shape index (κ3) is 5.47. The zero-order chi connectivity index (χ0) is 15.7. The van der Waals surface area contributed by atoms with E-state index in [9.17, 15) is 10.2 Å². The van der Waals surface area contributed by atoms with E-state index >= 15 is 0 Å². The zero-order valence-electron chi connectivity index (χ0n) is 13.4. The smallest absolute Gasteiger partial charge is 0.186 e. The van der Waals surface area contributed by atoms with Crippen molar-refractivity contribution >= 4 is 0 Å². The van der Waals surface area contributed by atoms with Gasteiger partial charge in [0.1, 0.15) is 24.4 Å². The first kappa shape index (κ1) is 18.8. The Morgan fingerprint density at radius 2 is 1.57 bits per heavy atom. The van der Waals surface area contributed by atoms with Crippen LogP contribution in [0, 0.1) is 0 Å². The largest absolute Gasteiger partial charge is 0.394 e. The summed E-state index contributed by atoms with van der Waals surface area (Å²) in [5.74, 6) is 0. The molecule has 2 N–H and O–H groups in total. The number of methoxy groups -OCH3 is 1. The summed E-state index contributed by atoms with van der Waals surface area (Å²) in [7, 11) is 1.50. The van der Waals surface area contributed by atoms with E-state index in [4.69, 9.17) is 18.9 Å². The number of aliphatic hydroxyl groups excluding tert-OH is 2. The van der Waals surface area contributed by atoms with Crippen molar-refractivity contribution in [2.75, 3.05) is 26.9 Å². The average molecular weight is 306 g/mol. The number of rotatable bonds is 10. The van der Waals surface area contributed by atoms with Crippen molar-refractivity contribution in [2.24, 2.45) is 0 Å². The monoisotopic (exact) mass is 306 g/mol. The third-order valence-corrected chi connectivity index (χ3v) is 3.65.